The number of likely N-dealkylation sites (tertiary alicyclic amines) is 1. The number of hydrogen-bond acceptors (Lipinski definition) is 3. The van der Waals surface area contributed by atoms with Crippen molar-refractivity contribution in [2.45, 2.75) is 32.2 Å². The first-order chi connectivity index (χ1) is 15.2. The summed E-state index contributed by atoms with van der Waals surface area (Å²) in [4.78, 5) is 14.7. The third kappa shape index (κ3) is 4.93. The molecule has 0 bridgehead atoms. The fourth-order valence-corrected chi connectivity index (χ4v) is 4.55. The molecule has 1 aliphatic rings. The van der Waals surface area contributed by atoms with Gasteiger partial charge in [-0.2, -0.15) is 0 Å². The number of amides is 1. The minimum atomic E-state index is 0.287. The van der Waals surface area contributed by atoms with Crippen molar-refractivity contribution in [3.63, 3.8) is 0 Å². The van der Waals surface area contributed by atoms with Gasteiger partial charge in [-0.15, -0.1) is 0 Å². The summed E-state index contributed by atoms with van der Waals surface area (Å²) in [7, 11) is 1.88. The molecule has 1 amide bonds. The van der Waals surface area contributed by atoms with Gasteiger partial charge in [-0.25, -0.2) is 0 Å². The van der Waals surface area contributed by atoms with Crippen molar-refractivity contribution in [3.05, 3.63) is 78.1 Å². The molecule has 5 nitrogen and oxygen atoms in total. The lowest BCUT2D eigenvalue weighted by Gasteiger charge is -2.32. The maximum Gasteiger partial charge on any atom is 0.222 e. The zero-order valence-corrected chi connectivity index (χ0v) is 18.3. The highest BCUT2D eigenvalue weighted by atomic mass is 16.2. The number of hydrogen-bond donors (Lipinski definition) is 2. The monoisotopic (exact) mass is 416 g/mol. The highest BCUT2D eigenvalue weighted by Crippen LogP contribution is 2.25. The molecule has 2 aromatic carbocycles. The van der Waals surface area contributed by atoms with Crippen molar-refractivity contribution in [2.24, 2.45) is 11.7 Å². The van der Waals surface area contributed by atoms with Crippen LogP contribution in [0.15, 0.2) is 67.0 Å². The predicted molar refractivity (Wildman–Crippen MR) is 127 cm³/mol. The van der Waals surface area contributed by atoms with Crippen LogP contribution in [0.4, 0.5) is 0 Å². The molecule has 0 unspecified atom stereocenters. The molecule has 0 atom stereocenters. The minimum absolute atomic E-state index is 0.287. The van der Waals surface area contributed by atoms with Crippen LogP contribution in [0.3, 0.4) is 0 Å². The molecular weight excluding hydrogens is 384 g/mol. The Labute approximate surface area is 184 Å². The van der Waals surface area contributed by atoms with Crippen LogP contribution >= 0.6 is 0 Å². The van der Waals surface area contributed by atoms with Crippen molar-refractivity contribution < 1.29 is 4.79 Å². The van der Waals surface area contributed by atoms with Gasteiger partial charge >= 0.3 is 0 Å². The second-order valence-electron chi connectivity index (χ2n) is 8.38. The van der Waals surface area contributed by atoms with E-state index in [1.54, 1.807) is 6.20 Å². The Morgan fingerprint density at radius 1 is 1.13 bits per heavy atom. The molecule has 0 spiro atoms. The molecule has 2 heterocycles. The van der Waals surface area contributed by atoms with Gasteiger partial charge in [0.2, 0.25) is 5.91 Å². The normalized spacial score (nSPS) is 15.4. The third-order valence-electron chi connectivity index (χ3n) is 6.41. The number of nitrogens with zero attached hydrogens (tertiary/aromatic N) is 2. The average Bonchev–Trinajstić information content (AvgIpc) is 3.21. The summed E-state index contributed by atoms with van der Waals surface area (Å²) in [6.45, 7) is 2.74. The second-order valence-corrected chi connectivity index (χ2v) is 8.38. The largest absolute Gasteiger partial charge is 0.403 e. The summed E-state index contributed by atoms with van der Waals surface area (Å²) in [5.74, 6) is 0.889. The Kier molecular flexibility index (Phi) is 6.60. The highest BCUT2D eigenvalue weighted by molar-refractivity contribution is 5.84. The summed E-state index contributed by atoms with van der Waals surface area (Å²) in [6, 6.07) is 18.9. The van der Waals surface area contributed by atoms with Gasteiger partial charge in [0.1, 0.15) is 0 Å². The van der Waals surface area contributed by atoms with E-state index in [9.17, 15) is 4.79 Å². The molecule has 1 aliphatic heterocycles. The molecule has 0 aliphatic carbocycles. The standard InChI is InChI=1S/C26H32N4O/c1-28-24(18-27)22-8-9-25-23(17-22)13-16-30(25)19-21-11-14-29(15-12-21)26(31)10-7-20-5-3-2-4-6-20/h2-6,8-9,13,16-18,21,28H,7,10-12,14-15,19,27H2,1H3/b24-18-. The number of piperidine rings is 1. The van der Waals surface area contributed by atoms with Gasteiger partial charge in [-0.3, -0.25) is 4.79 Å². The first-order valence-electron chi connectivity index (χ1n) is 11.2. The molecule has 162 valence electrons. The summed E-state index contributed by atoms with van der Waals surface area (Å²) < 4.78 is 2.35. The van der Waals surface area contributed by atoms with Gasteiger partial charge in [0.25, 0.3) is 0 Å². The number of aryl methyl sites for hydroxylation is 1. The number of aromatic nitrogens is 1. The number of benzene rings is 2. The number of carbonyl (C=O) groups is 1. The molecule has 5 heteroatoms. The molecule has 3 N–H and O–H groups in total. The maximum atomic E-state index is 12.6. The zero-order valence-electron chi connectivity index (χ0n) is 18.3. The Hall–Kier alpha value is -3.21. The molecule has 1 saturated heterocycles. The Morgan fingerprint density at radius 2 is 1.90 bits per heavy atom. The quantitative estimate of drug-likeness (QED) is 0.612. The second kappa shape index (κ2) is 9.73. The van der Waals surface area contributed by atoms with Crippen molar-refractivity contribution in [2.75, 3.05) is 20.1 Å². The van der Waals surface area contributed by atoms with E-state index in [2.05, 4.69) is 57.4 Å². The molecule has 4 rings (SSSR count). The van der Waals surface area contributed by atoms with E-state index in [0.717, 1.165) is 50.2 Å². The van der Waals surface area contributed by atoms with Crippen LogP contribution in [0.1, 0.15) is 30.4 Å². The first kappa shape index (κ1) is 21.0. The Bertz CT molecular complexity index is 1050. The Balaban J connectivity index is 1.31. The Morgan fingerprint density at radius 3 is 2.61 bits per heavy atom. The molecule has 1 aromatic heterocycles. The van der Waals surface area contributed by atoms with Crippen molar-refractivity contribution in [1.29, 1.82) is 0 Å². The lowest BCUT2D eigenvalue weighted by atomic mass is 9.96. The highest BCUT2D eigenvalue weighted by Gasteiger charge is 2.23. The maximum absolute atomic E-state index is 12.6. The number of nitrogens with two attached hydrogens (primary N) is 1. The van der Waals surface area contributed by atoms with Gasteiger partial charge < -0.3 is 20.5 Å². The van der Waals surface area contributed by atoms with E-state index in [0.29, 0.717) is 12.3 Å². The fourth-order valence-electron chi connectivity index (χ4n) is 4.55. The molecule has 1 fully saturated rings. The van der Waals surface area contributed by atoms with Gasteiger partial charge in [0.05, 0.1) is 5.70 Å². The zero-order chi connectivity index (χ0) is 21.6. The average molecular weight is 417 g/mol. The van der Waals surface area contributed by atoms with Crippen LogP contribution < -0.4 is 11.1 Å². The van der Waals surface area contributed by atoms with E-state index in [1.807, 2.05) is 25.2 Å². The van der Waals surface area contributed by atoms with Crippen molar-refractivity contribution in [3.8, 4) is 0 Å². The van der Waals surface area contributed by atoms with Crippen LogP contribution in [0.5, 0.6) is 0 Å². The van der Waals surface area contributed by atoms with Gasteiger partial charge in [-0.1, -0.05) is 36.4 Å². The van der Waals surface area contributed by atoms with Crippen LogP contribution in [0, 0.1) is 5.92 Å². The summed E-state index contributed by atoms with van der Waals surface area (Å²) in [6.07, 6.45) is 7.34. The molecule has 3 aromatic rings. The molecule has 31 heavy (non-hydrogen) atoms. The number of fused-ring (bicyclic) bond motifs is 1. The van der Waals surface area contributed by atoms with E-state index < -0.39 is 0 Å². The predicted octanol–water partition coefficient (Wildman–Crippen LogP) is 3.99. The molecule has 0 radical (unpaired) electrons. The van der Waals surface area contributed by atoms with E-state index in [-0.39, 0.29) is 5.91 Å². The number of carbonyl (C=O) groups excluding carboxylic acids is 1. The molecule has 0 saturated carbocycles. The molecular formula is C26H32N4O. The summed E-state index contributed by atoms with van der Waals surface area (Å²) in [5, 5.41) is 4.36. The number of rotatable bonds is 7. The SMILES string of the molecule is CN/C(=C\N)c1ccc2c(ccn2CC2CCN(C(=O)CCc3ccccc3)CC2)c1. The van der Waals surface area contributed by atoms with E-state index >= 15 is 0 Å². The van der Waals surface area contributed by atoms with Gasteiger partial charge in [-0.05, 0) is 54.5 Å². The van der Waals surface area contributed by atoms with Crippen LogP contribution in [-0.2, 0) is 17.8 Å². The van der Waals surface area contributed by atoms with Crippen molar-refractivity contribution in [1.82, 2.24) is 14.8 Å². The van der Waals surface area contributed by atoms with E-state index in [4.69, 9.17) is 5.73 Å². The van der Waals surface area contributed by atoms with Crippen LogP contribution in [0.25, 0.3) is 16.6 Å². The van der Waals surface area contributed by atoms with Crippen LogP contribution in [0.2, 0.25) is 0 Å². The van der Waals surface area contributed by atoms with Crippen LogP contribution in [-0.4, -0.2) is 35.5 Å². The summed E-state index contributed by atoms with van der Waals surface area (Å²) in [5.41, 5.74) is 10.2. The smallest absolute Gasteiger partial charge is 0.222 e. The minimum Gasteiger partial charge on any atom is -0.403 e. The van der Waals surface area contributed by atoms with Crippen molar-refractivity contribution >= 4 is 22.5 Å². The number of nitrogens with one attached hydrogen (secondary N) is 1. The topological polar surface area (TPSA) is 63.3 Å². The summed E-state index contributed by atoms with van der Waals surface area (Å²) >= 11 is 0. The third-order valence-corrected chi connectivity index (χ3v) is 6.41. The van der Waals surface area contributed by atoms with E-state index in [1.165, 1.54) is 16.5 Å². The lowest BCUT2D eigenvalue weighted by molar-refractivity contribution is -0.132. The van der Waals surface area contributed by atoms with Gasteiger partial charge in [0.15, 0.2) is 0 Å². The fraction of sp³-hybridized carbons (Fsp3) is 0.346. The first-order valence-corrected chi connectivity index (χ1v) is 11.2. The van der Waals surface area contributed by atoms with Gasteiger partial charge in [0, 0.05) is 56.4 Å². The lowest BCUT2D eigenvalue weighted by Crippen LogP contribution is -2.39.